The molecule has 8 heteroatoms. The summed E-state index contributed by atoms with van der Waals surface area (Å²) >= 11 is 6.07. The van der Waals surface area contributed by atoms with Crippen molar-refractivity contribution in [3.8, 4) is 0 Å². The van der Waals surface area contributed by atoms with Crippen LogP contribution < -0.4 is 16.0 Å². The van der Waals surface area contributed by atoms with E-state index in [-0.39, 0.29) is 24.9 Å². The molecule has 3 N–H and O–H groups in total. The molecule has 0 spiro atoms. The van der Waals surface area contributed by atoms with Crippen molar-refractivity contribution in [2.75, 3.05) is 31.1 Å². The van der Waals surface area contributed by atoms with Crippen LogP contribution in [0.2, 0.25) is 5.02 Å². The van der Waals surface area contributed by atoms with Crippen LogP contribution in [-0.4, -0.2) is 48.9 Å². The van der Waals surface area contributed by atoms with E-state index in [1.165, 1.54) is 4.90 Å². The van der Waals surface area contributed by atoms with Crippen molar-refractivity contribution in [1.82, 2.24) is 10.2 Å². The number of hydrogen-bond donors (Lipinski definition) is 2. The number of amides is 4. The Morgan fingerprint density at radius 1 is 1.29 bits per heavy atom. The summed E-state index contributed by atoms with van der Waals surface area (Å²) in [6, 6.07) is 6.27. The Balaban J connectivity index is 1.99. The summed E-state index contributed by atoms with van der Waals surface area (Å²) < 4.78 is 0. The summed E-state index contributed by atoms with van der Waals surface area (Å²) in [6.07, 6.45) is 0. The maximum atomic E-state index is 12.2. The van der Waals surface area contributed by atoms with Gasteiger partial charge in [0.25, 0.3) is 0 Å². The Hall–Kier alpha value is -2.28. The zero-order valence-electron chi connectivity index (χ0n) is 11.2. The number of piperazine rings is 1. The highest BCUT2D eigenvalue weighted by atomic mass is 35.5. The molecule has 1 aromatic carbocycles. The molecule has 1 aliphatic rings. The highest BCUT2D eigenvalue weighted by Gasteiger charge is 2.28. The molecule has 2 rings (SSSR count). The van der Waals surface area contributed by atoms with E-state index in [0.717, 1.165) is 0 Å². The molecule has 1 heterocycles. The summed E-state index contributed by atoms with van der Waals surface area (Å²) in [5.41, 5.74) is 5.53. The molecule has 0 bridgehead atoms. The number of primary amides is 1. The number of benzene rings is 1. The van der Waals surface area contributed by atoms with Crippen LogP contribution in [0, 0.1) is 0 Å². The van der Waals surface area contributed by atoms with Crippen LogP contribution in [-0.2, 0) is 9.59 Å². The standard InChI is InChI=1S/C13H15ClN4O3/c14-9-3-1-2-4-10(9)18-6-5-17(8-12(18)20)11(19)7-16-13(15)21/h1-4H,5-8H2,(H3,15,16,21). The first-order valence-electron chi connectivity index (χ1n) is 6.35. The summed E-state index contributed by atoms with van der Waals surface area (Å²) in [6.45, 7) is 0.459. The number of rotatable bonds is 3. The predicted molar refractivity (Wildman–Crippen MR) is 78.0 cm³/mol. The van der Waals surface area contributed by atoms with Crippen LogP contribution in [0.3, 0.4) is 0 Å². The predicted octanol–water partition coefficient (Wildman–Crippen LogP) is 0.183. The van der Waals surface area contributed by atoms with E-state index >= 15 is 0 Å². The molecule has 0 aliphatic carbocycles. The fraction of sp³-hybridized carbons (Fsp3) is 0.308. The fourth-order valence-electron chi connectivity index (χ4n) is 2.09. The van der Waals surface area contributed by atoms with Crippen molar-refractivity contribution in [3.05, 3.63) is 29.3 Å². The number of hydrogen-bond acceptors (Lipinski definition) is 3. The molecule has 112 valence electrons. The molecule has 0 aromatic heterocycles. The van der Waals surface area contributed by atoms with Crippen molar-refractivity contribution in [2.45, 2.75) is 0 Å². The first kappa shape index (κ1) is 15.1. The number of halogens is 1. The topological polar surface area (TPSA) is 95.7 Å². The smallest absolute Gasteiger partial charge is 0.312 e. The quantitative estimate of drug-likeness (QED) is 0.834. The van der Waals surface area contributed by atoms with Crippen LogP contribution in [0.5, 0.6) is 0 Å². The first-order chi connectivity index (χ1) is 9.99. The second-order valence-corrected chi connectivity index (χ2v) is 4.94. The second-order valence-electron chi connectivity index (χ2n) is 4.53. The first-order valence-corrected chi connectivity index (χ1v) is 6.73. The van der Waals surface area contributed by atoms with Crippen LogP contribution in [0.15, 0.2) is 24.3 Å². The zero-order valence-corrected chi connectivity index (χ0v) is 12.0. The monoisotopic (exact) mass is 310 g/mol. The zero-order chi connectivity index (χ0) is 15.4. The highest BCUT2D eigenvalue weighted by Crippen LogP contribution is 2.26. The summed E-state index contributed by atoms with van der Waals surface area (Å²) in [7, 11) is 0. The number of nitrogens with one attached hydrogen (secondary N) is 1. The minimum atomic E-state index is -0.774. The van der Waals surface area contributed by atoms with E-state index in [4.69, 9.17) is 17.3 Å². The number of nitrogens with two attached hydrogens (primary N) is 1. The fourth-order valence-corrected chi connectivity index (χ4v) is 2.32. The lowest BCUT2D eigenvalue weighted by molar-refractivity contribution is -0.136. The Labute approximate surface area is 126 Å². The number of urea groups is 1. The van der Waals surface area contributed by atoms with Crippen LogP contribution in [0.25, 0.3) is 0 Å². The normalized spacial score (nSPS) is 15.0. The average Bonchev–Trinajstić information content (AvgIpc) is 2.45. The van der Waals surface area contributed by atoms with E-state index < -0.39 is 6.03 Å². The van der Waals surface area contributed by atoms with Gasteiger partial charge in [-0.2, -0.15) is 0 Å². The number of anilines is 1. The molecule has 1 aromatic rings. The van der Waals surface area contributed by atoms with Gasteiger partial charge in [0.1, 0.15) is 6.54 Å². The lowest BCUT2D eigenvalue weighted by Crippen LogP contribution is -2.54. The van der Waals surface area contributed by atoms with Gasteiger partial charge in [0.05, 0.1) is 17.3 Å². The Morgan fingerprint density at radius 2 is 2.00 bits per heavy atom. The van der Waals surface area contributed by atoms with Gasteiger partial charge in [-0.05, 0) is 12.1 Å². The third-order valence-corrected chi connectivity index (χ3v) is 3.45. The van der Waals surface area contributed by atoms with E-state index in [0.29, 0.717) is 23.8 Å². The molecule has 0 radical (unpaired) electrons. The molecule has 4 amide bonds. The molecule has 1 fully saturated rings. The lowest BCUT2D eigenvalue weighted by atomic mass is 10.2. The number of carbonyl (C=O) groups excluding carboxylic acids is 3. The van der Waals surface area contributed by atoms with Gasteiger partial charge in [-0.1, -0.05) is 23.7 Å². The van der Waals surface area contributed by atoms with Gasteiger partial charge in [-0.15, -0.1) is 0 Å². The molecule has 21 heavy (non-hydrogen) atoms. The van der Waals surface area contributed by atoms with Crippen molar-refractivity contribution in [1.29, 1.82) is 0 Å². The van der Waals surface area contributed by atoms with Crippen LogP contribution >= 0.6 is 11.6 Å². The van der Waals surface area contributed by atoms with Gasteiger partial charge in [0, 0.05) is 13.1 Å². The van der Waals surface area contributed by atoms with Gasteiger partial charge < -0.3 is 20.9 Å². The Kier molecular flexibility index (Phi) is 4.64. The molecule has 0 atom stereocenters. The number of nitrogens with zero attached hydrogens (tertiary/aromatic N) is 2. The molecule has 7 nitrogen and oxygen atoms in total. The Morgan fingerprint density at radius 3 is 2.62 bits per heavy atom. The van der Waals surface area contributed by atoms with Crippen molar-refractivity contribution >= 4 is 35.1 Å². The second kappa shape index (κ2) is 6.45. The van der Waals surface area contributed by atoms with E-state index in [9.17, 15) is 14.4 Å². The third kappa shape index (κ3) is 3.63. The van der Waals surface area contributed by atoms with Crippen LogP contribution in [0.4, 0.5) is 10.5 Å². The van der Waals surface area contributed by atoms with Crippen molar-refractivity contribution < 1.29 is 14.4 Å². The molecule has 1 aliphatic heterocycles. The van der Waals surface area contributed by atoms with Gasteiger partial charge >= 0.3 is 6.03 Å². The van der Waals surface area contributed by atoms with Gasteiger partial charge in [0.15, 0.2) is 0 Å². The van der Waals surface area contributed by atoms with Crippen molar-refractivity contribution in [3.63, 3.8) is 0 Å². The SMILES string of the molecule is NC(=O)NCC(=O)N1CCN(c2ccccc2Cl)C(=O)C1. The molecule has 1 saturated heterocycles. The van der Waals surface area contributed by atoms with Gasteiger partial charge in [-0.3, -0.25) is 9.59 Å². The number of para-hydroxylation sites is 1. The molecular formula is C13H15ClN4O3. The van der Waals surface area contributed by atoms with Crippen LogP contribution in [0.1, 0.15) is 0 Å². The largest absolute Gasteiger partial charge is 0.352 e. The van der Waals surface area contributed by atoms with E-state index in [1.807, 2.05) is 0 Å². The summed E-state index contributed by atoms with van der Waals surface area (Å²) in [5.74, 6) is -0.567. The van der Waals surface area contributed by atoms with Gasteiger partial charge in [0.2, 0.25) is 11.8 Å². The maximum Gasteiger partial charge on any atom is 0.312 e. The maximum absolute atomic E-state index is 12.2. The molecule has 0 saturated carbocycles. The number of carbonyl (C=O) groups is 3. The summed E-state index contributed by atoms with van der Waals surface area (Å²) in [5, 5.41) is 2.70. The Bertz CT molecular complexity index is 578. The highest BCUT2D eigenvalue weighted by molar-refractivity contribution is 6.33. The minimum absolute atomic E-state index is 0.0511. The molecular weight excluding hydrogens is 296 g/mol. The van der Waals surface area contributed by atoms with Crippen molar-refractivity contribution in [2.24, 2.45) is 5.73 Å². The van der Waals surface area contributed by atoms with E-state index in [1.54, 1.807) is 29.2 Å². The molecule has 0 unspecified atom stereocenters. The lowest BCUT2D eigenvalue weighted by Gasteiger charge is -2.34. The third-order valence-electron chi connectivity index (χ3n) is 3.13. The average molecular weight is 311 g/mol. The summed E-state index contributed by atoms with van der Waals surface area (Å²) in [4.78, 5) is 37.5. The van der Waals surface area contributed by atoms with E-state index in [2.05, 4.69) is 5.32 Å². The minimum Gasteiger partial charge on any atom is -0.352 e. The van der Waals surface area contributed by atoms with Gasteiger partial charge in [-0.25, -0.2) is 4.79 Å².